The standard InChI is InChI=1S/C19H21Cl2N3O3S2/c1-2-8-28-19-22-10-16(21)17(23-19)18(25)24(14-7-9-29(26,27)12-14)11-13-5-3-4-6-15(13)20/h3-6,10,14H,2,7-9,11-12H2,1H3/t14-/m1/s1. The van der Waals surface area contributed by atoms with Crippen LogP contribution in [-0.4, -0.2) is 52.5 Å². The van der Waals surface area contributed by atoms with Crippen molar-refractivity contribution in [2.75, 3.05) is 17.3 Å². The van der Waals surface area contributed by atoms with Crippen LogP contribution < -0.4 is 0 Å². The van der Waals surface area contributed by atoms with E-state index in [9.17, 15) is 13.2 Å². The van der Waals surface area contributed by atoms with Gasteiger partial charge in [-0.05, 0) is 24.5 Å². The Labute approximate surface area is 184 Å². The summed E-state index contributed by atoms with van der Waals surface area (Å²) in [5, 5.41) is 1.12. The third kappa shape index (κ3) is 5.63. The van der Waals surface area contributed by atoms with Gasteiger partial charge in [-0.3, -0.25) is 4.79 Å². The van der Waals surface area contributed by atoms with Gasteiger partial charge >= 0.3 is 0 Å². The third-order valence-corrected chi connectivity index (χ3v) is 8.03. The molecule has 0 spiro atoms. The number of hydrogen-bond acceptors (Lipinski definition) is 6. The van der Waals surface area contributed by atoms with Crippen LogP contribution in [0.1, 0.15) is 35.8 Å². The van der Waals surface area contributed by atoms with Crippen LogP contribution in [0.25, 0.3) is 0 Å². The lowest BCUT2D eigenvalue weighted by atomic mass is 10.1. The van der Waals surface area contributed by atoms with E-state index >= 15 is 0 Å². The van der Waals surface area contributed by atoms with E-state index in [2.05, 4.69) is 9.97 Å². The Morgan fingerprint density at radius 1 is 1.28 bits per heavy atom. The smallest absolute Gasteiger partial charge is 0.274 e. The summed E-state index contributed by atoms with van der Waals surface area (Å²) < 4.78 is 24.1. The van der Waals surface area contributed by atoms with Crippen molar-refractivity contribution in [3.8, 4) is 0 Å². The molecule has 1 saturated heterocycles. The van der Waals surface area contributed by atoms with E-state index in [0.29, 0.717) is 16.6 Å². The van der Waals surface area contributed by atoms with Crippen molar-refractivity contribution in [2.45, 2.75) is 37.5 Å². The lowest BCUT2D eigenvalue weighted by Crippen LogP contribution is -2.41. The summed E-state index contributed by atoms with van der Waals surface area (Å²) in [6.45, 7) is 2.22. The van der Waals surface area contributed by atoms with Gasteiger partial charge in [-0.15, -0.1) is 0 Å². The largest absolute Gasteiger partial charge is 0.329 e. The van der Waals surface area contributed by atoms with Gasteiger partial charge in [0.15, 0.2) is 20.7 Å². The molecule has 3 rings (SSSR count). The molecule has 0 saturated carbocycles. The molecular weight excluding hydrogens is 453 g/mol. The molecule has 0 N–H and O–H groups in total. The maximum absolute atomic E-state index is 13.4. The number of rotatable bonds is 7. The zero-order valence-corrected chi connectivity index (χ0v) is 19.0. The zero-order valence-electron chi connectivity index (χ0n) is 15.8. The van der Waals surface area contributed by atoms with E-state index < -0.39 is 21.8 Å². The highest BCUT2D eigenvalue weighted by molar-refractivity contribution is 7.99. The summed E-state index contributed by atoms with van der Waals surface area (Å²) in [6.07, 6.45) is 2.73. The average molecular weight is 474 g/mol. The molecule has 0 bridgehead atoms. The molecule has 0 aliphatic carbocycles. The zero-order chi connectivity index (χ0) is 21.0. The maximum atomic E-state index is 13.4. The number of aromatic nitrogens is 2. The number of hydrogen-bond donors (Lipinski definition) is 0. The van der Waals surface area contributed by atoms with Crippen molar-refractivity contribution in [1.29, 1.82) is 0 Å². The fourth-order valence-electron chi connectivity index (χ4n) is 3.10. The Hall–Kier alpha value is -1.35. The highest BCUT2D eigenvalue weighted by Crippen LogP contribution is 2.27. The molecule has 1 aliphatic rings. The minimum Gasteiger partial charge on any atom is -0.329 e. The first-order valence-electron chi connectivity index (χ1n) is 9.21. The SMILES string of the molecule is CCCSc1ncc(Cl)c(C(=O)N(Cc2ccccc2Cl)[C@@H]2CCS(=O)(=O)C2)n1. The van der Waals surface area contributed by atoms with Crippen molar-refractivity contribution < 1.29 is 13.2 Å². The summed E-state index contributed by atoms with van der Waals surface area (Å²) in [5.74, 6) is 0.375. The number of sulfone groups is 1. The highest BCUT2D eigenvalue weighted by Gasteiger charge is 2.36. The van der Waals surface area contributed by atoms with Crippen molar-refractivity contribution in [3.05, 3.63) is 51.8 Å². The number of carbonyl (C=O) groups is 1. The number of halogens is 2. The van der Waals surface area contributed by atoms with Gasteiger partial charge in [-0.2, -0.15) is 0 Å². The summed E-state index contributed by atoms with van der Waals surface area (Å²) in [6, 6.07) is 6.72. The third-order valence-electron chi connectivity index (χ3n) is 4.57. The summed E-state index contributed by atoms with van der Waals surface area (Å²) in [4.78, 5) is 23.4. The summed E-state index contributed by atoms with van der Waals surface area (Å²) >= 11 is 14.0. The predicted molar refractivity (Wildman–Crippen MR) is 116 cm³/mol. The van der Waals surface area contributed by atoms with Crippen LogP contribution >= 0.6 is 35.0 Å². The Kier molecular flexibility index (Phi) is 7.42. The Morgan fingerprint density at radius 2 is 2.03 bits per heavy atom. The number of nitrogens with zero attached hydrogens (tertiary/aromatic N) is 3. The first-order chi connectivity index (χ1) is 13.8. The summed E-state index contributed by atoms with van der Waals surface area (Å²) in [7, 11) is -3.19. The molecule has 1 atom stereocenters. The van der Waals surface area contributed by atoms with Gasteiger partial charge in [0.05, 0.1) is 22.7 Å². The fourth-order valence-corrected chi connectivity index (χ4v) is 5.87. The molecule has 1 fully saturated rings. The molecule has 2 aromatic rings. The minimum absolute atomic E-state index is 0.0546. The number of carbonyl (C=O) groups excluding carboxylic acids is 1. The van der Waals surface area contributed by atoms with Gasteiger partial charge < -0.3 is 4.90 Å². The molecule has 6 nitrogen and oxygen atoms in total. The van der Waals surface area contributed by atoms with E-state index in [-0.39, 0.29) is 28.8 Å². The van der Waals surface area contributed by atoms with Crippen molar-refractivity contribution in [2.24, 2.45) is 0 Å². The topological polar surface area (TPSA) is 80.2 Å². The molecule has 10 heteroatoms. The Morgan fingerprint density at radius 3 is 2.69 bits per heavy atom. The monoisotopic (exact) mass is 473 g/mol. The minimum atomic E-state index is -3.19. The van der Waals surface area contributed by atoms with Crippen LogP contribution in [0.15, 0.2) is 35.6 Å². The van der Waals surface area contributed by atoms with Gasteiger partial charge in [0.2, 0.25) is 0 Å². The summed E-state index contributed by atoms with van der Waals surface area (Å²) in [5.41, 5.74) is 0.814. The van der Waals surface area contributed by atoms with Crippen LogP contribution in [0.4, 0.5) is 0 Å². The molecule has 1 amide bonds. The molecule has 1 aromatic carbocycles. The molecule has 0 unspecified atom stereocenters. The van der Waals surface area contributed by atoms with Crippen LogP contribution in [0.3, 0.4) is 0 Å². The van der Waals surface area contributed by atoms with E-state index in [1.54, 1.807) is 12.1 Å². The normalized spacial score (nSPS) is 18.0. The van der Waals surface area contributed by atoms with E-state index in [4.69, 9.17) is 23.2 Å². The second kappa shape index (κ2) is 9.64. The molecular formula is C19H21Cl2N3O3S2. The van der Waals surface area contributed by atoms with E-state index in [0.717, 1.165) is 17.7 Å². The second-order valence-corrected chi connectivity index (χ2v) is 10.9. The number of amides is 1. The number of benzene rings is 1. The highest BCUT2D eigenvalue weighted by atomic mass is 35.5. The van der Waals surface area contributed by atoms with Gasteiger partial charge in [-0.25, -0.2) is 18.4 Å². The van der Waals surface area contributed by atoms with Gasteiger partial charge in [-0.1, -0.05) is 60.1 Å². The first kappa shape index (κ1) is 22.3. The maximum Gasteiger partial charge on any atom is 0.274 e. The van der Waals surface area contributed by atoms with Gasteiger partial charge in [0.25, 0.3) is 5.91 Å². The van der Waals surface area contributed by atoms with Crippen molar-refractivity contribution in [1.82, 2.24) is 14.9 Å². The van der Waals surface area contributed by atoms with Crippen LogP contribution in [0.5, 0.6) is 0 Å². The van der Waals surface area contributed by atoms with Crippen LogP contribution in [-0.2, 0) is 16.4 Å². The van der Waals surface area contributed by atoms with E-state index in [1.807, 2.05) is 19.1 Å². The molecule has 2 heterocycles. The molecule has 29 heavy (non-hydrogen) atoms. The molecule has 1 aliphatic heterocycles. The van der Waals surface area contributed by atoms with Gasteiger partial charge in [0.1, 0.15) is 0 Å². The van der Waals surface area contributed by atoms with Crippen LogP contribution in [0, 0.1) is 0 Å². The van der Waals surface area contributed by atoms with Crippen molar-refractivity contribution >= 4 is 50.7 Å². The first-order valence-corrected chi connectivity index (χ1v) is 12.8. The molecule has 156 valence electrons. The van der Waals surface area contributed by atoms with E-state index in [1.165, 1.54) is 22.9 Å². The molecule has 1 aromatic heterocycles. The lowest BCUT2D eigenvalue weighted by molar-refractivity contribution is 0.0674. The predicted octanol–water partition coefficient (Wildman–Crippen LogP) is 4.12. The number of thioether (sulfide) groups is 1. The van der Waals surface area contributed by atoms with Crippen LogP contribution in [0.2, 0.25) is 10.0 Å². The Balaban J connectivity index is 1.95. The fraction of sp³-hybridized carbons (Fsp3) is 0.421. The van der Waals surface area contributed by atoms with Crippen molar-refractivity contribution in [3.63, 3.8) is 0 Å². The lowest BCUT2D eigenvalue weighted by Gasteiger charge is -2.28. The molecule has 0 radical (unpaired) electrons. The average Bonchev–Trinajstić information content (AvgIpc) is 3.05. The quantitative estimate of drug-likeness (QED) is 0.444. The van der Waals surface area contributed by atoms with Gasteiger partial charge in [0, 0.05) is 23.4 Å². The Bertz CT molecular complexity index is 1000. The second-order valence-electron chi connectivity index (χ2n) is 6.78.